The second kappa shape index (κ2) is 7.50. The van der Waals surface area contributed by atoms with Gasteiger partial charge in [0.1, 0.15) is 0 Å². The van der Waals surface area contributed by atoms with Crippen molar-refractivity contribution in [3.63, 3.8) is 0 Å². The fourth-order valence-corrected chi connectivity index (χ4v) is 1.46. The molecule has 0 spiro atoms. The molecule has 1 aromatic carbocycles. The lowest BCUT2D eigenvalue weighted by atomic mass is 10.3. The van der Waals surface area contributed by atoms with Gasteiger partial charge in [0.2, 0.25) is 5.91 Å². The molecule has 0 aliphatic rings. The van der Waals surface area contributed by atoms with E-state index in [0.29, 0.717) is 18.0 Å². The third kappa shape index (κ3) is 5.01. The lowest BCUT2D eigenvalue weighted by Gasteiger charge is -2.13. The van der Waals surface area contributed by atoms with Crippen molar-refractivity contribution < 1.29 is 4.79 Å². The van der Waals surface area contributed by atoms with Crippen molar-refractivity contribution in [3.05, 3.63) is 42.1 Å². The van der Waals surface area contributed by atoms with Crippen LogP contribution in [-0.2, 0) is 4.79 Å². The molecule has 4 nitrogen and oxygen atoms in total. The summed E-state index contributed by atoms with van der Waals surface area (Å²) in [5.41, 5.74) is 0.735. The molecule has 0 radical (unpaired) electrons. The Morgan fingerprint density at radius 1 is 1.50 bits per heavy atom. The third-order valence-corrected chi connectivity index (χ3v) is 2.48. The molecular formula is C13H16ClN3O. The molecule has 18 heavy (non-hydrogen) atoms. The zero-order valence-corrected chi connectivity index (χ0v) is 11.0. The van der Waals surface area contributed by atoms with E-state index in [0.717, 1.165) is 5.69 Å². The first-order valence-electron chi connectivity index (χ1n) is 5.51. The standard InChI is InChI=1S/C13H16ClN3O/c1-3-17(10-15-2)9-8-13(18)16-12-6-4-11(14)5-7-12/h3-7,10H,1,8-9H2,2H3,(H,16,18). The smallest absolute Gasteiger partial charge is 0.226 e. The molecule has 0 atom stereocenters. The Balaban J connectivity index is 2.42. The summed E-state index contributed by atoms with van der Waals surface area (Å²) in [7, 11) is 1.67. The number of halogens is 1. The van der Waals surface area contributed by atoms with Crippen molar-refractivity contribution in [1.82, 2.24) is 4.90 Å². The van der Waals surface area contributed by atoms with Crippen LogP contribution in [0.25, 0.3) is 0 Å². The van der Waals surface area contributed by atoms with Crippen molar-refractivity contribution in [3.8, 4) is 0 Å². The van der Waals surface area contributed by atoms with E-state index >= 15 is 0 Å². The normalized spacial score (nSPS) is 10.3. The Labute approximate surface area is 112 Å². The number of hydrogen-bond donors (Lipinski definition) is 1. The van der Waals surface area contributed by atoms with Gasteiger partial charge in [0.15, 0.2) is 0 Å². The molecule has 1 aromatic rings. The molecule has 0 saturated heterocycles. The number of rotatable bonds is 6. The van der Waals surface area contributed by atoms with Gasteiger partial charge in [-0.25, -0.2) is 0 Å². The van der Waals surface area contributed by atoms with Crippen molar-refractivity contribution in [2.45, 2.75) is 6.42 Å². The summed E-state index contributed by atoms with van der Waals surface area (Å²) in [6, 6.07) is 6.99. The average molecular weight is 266 g/mol. The lowest BCUT2D eigenvalue weighted by Crippen LogP contribution is -2.22. The summed E-state index contributed by atoms with van der Waals surface area (Å²) in [4.78, 5) is 17.3. The van der Waals surface area contributed by atoms with E-state index < -0.39 is 0 Å². The van der Waals surface area contributed by atoms with E-state index in [9.17, 15) is 4.79 Å². The summed E-state index contributed by atoms with van der Waals surface area (Å²) in [6.07, 6.45) is 3.62. The van der Waals surface area contributed by atoms with E-state index in [2.05, 4.69) is 16.9 Å². The molecule has 0 fully saturated rings. The molecular weight excluding hydrogens is 250 g/mol. The van der Waals surface area contributed by atoms with Crippen LogP contribution in [0.15, 0.2) is 42.0 Å². The second-order valence-electron chi connectivity index (χ2n) is 3.60. The van der Waals surface area contributed by atoms with E-state index in [4.69, 9.17) is 11.6 Å². The second-order valence-corrected chi connectivity index (χ2v) is 4.04. The number of hydrogen-bond acceptors (Lipinski definition) is 2. The number of amides is 1. The van der Waals surface area contributed by atoms with Gasteiger partial charge < -0.3 is 10.2 Å². The van der Waals surface area contributed by atoms with E-state index in [1.165, 1.54) is 0 Å². The highest BCUT2D eigenvalue weighted by molar-refractivity contribution is 6.30. The van der Waals surface area contributed by atoms with Crippen LogP contribution >= 0.6 is 11.6 Å². The van der Waals surface area contributed by atoms with Crippen LogP contribution < -0.4 is 5.32 Å². The molecule has 1 N–H and O–H groups in total. The maximum Gasteiger partial charge on any atom is 0.226 e. The zero-order chi connectivity index (χ0) is 13.4. The van der Waals surface area contributed by atoms with Crippen LogP contribution in [0.2, 0.25) is 5.02 Å². The highest BCUT2D eigenvalue weighted by Crippen LogP contribution is 2.13. The summed E-state index contributed by atoms with van der Waals surface area (Å²) in [5, 5.41) is 3.43. The quantitative estimate of drug-likeness (QED) is 0.635. The molecule has 0 saturated carbocycles. The van der Waals surface area contributed by atoms with Gasteiger partial charge in [0.25, 0.3) is 0 Å². The number of nitrogens with one attached hydrogen (secondary N) is 1. The summed E-state index contributed by atoms with van der Waals surface area (Å²) in [5.74, 6) is -0.0614. The van der Waals surface area contributed by atoms with Crippen LogP contribution in [0.3, 0.4) is 0 Å². The van der Waals surface area contributed by atoms with Gasteiger partial charge in [-0.3, -0.25) is 9.79 Å². The van der Waals surface area contributed by atoms with Crippen LogP contribution in [0, 0.1) is 0 Å². The first-order valence-corrected chi connectivity index (χ1v) is 5.89. The molecule has 1 rings (SSSR count). The fraction of sp³-hybridized carbons (Fsp3) is 0.231. The first-order chi connectivity index (χ1) is 8.65. The zero-order valence-electron chi connectivity index (χ0n) is 10.3. The molecule has 0 aromatic heterocycles. The predicted molar refractivity (Wildman–Crippen MR) is 76.0 cm³/mol. The summed E-state index contributed by atoms with van der Waals surface area (Å²) in [6.45, 7) is 4.18. The topological polar surface area (TPSA) is 44.7 Å². The Bertz CT molecular complexity index is 428. The van der Waals surface area contributed by atoms with Gasteiger partial charge in [0.05, 0.1) is 6.34 Å². The summed E-state index contributed by atoms with van der Waals surface area (Å²) < 4.78 is 0. The lowest BCUT2D eigenvalue weighted by molar-refractivity contribution is -0.116. The molecule has 0 heterocycles. The van der Waals surface area contributed by atoms with Gasteiger partial charge >= 0.3 is 0 Å². The van der Waals surface area contributed by atoms with Crippen molar-refractivity contribution in [2.24, 2.45) is 4.99 Å². The van der Waals surface area contributed by atoms with Crippen molar-refractivity contribution >= 4 is 29.5 Å². The van der Waals surface area contributed by atoms with Crippen LogP contribution in [-0.4, -0.2) is 30.7 Å². The fourth-order valence-electron chi connectivity index (χ4n) is 1.33. The highest BCUT2D eigenvalue weighted by Gasteiger charge is 2.04. The molecule has 96 valence electrons. The molecule has 5 heteroatoms. The molecule has 0 aliphatic carbocycles. The van der Waals surface area contributed by atoms with E-state index in [-0.39, 0.29) is 5.91 Å². The Morgan fingerprint density at radius 3 is 2.72 bits per heavy atom. The number of benzene rings is 1. The number of nitrogens with zero attached hydrogens (tertiary/aromatic N) is 2. The van der Waals surface area contributed by atoms with Crippen molar-refractivity contribution in [2.75, 3.05) is 18.9 Å². The molecule has 1 amide bonds. The SMILES string of the molecule is C=CN(C=NC)CCC(=O)Nc1ccc(Cl)cc1. The predicted octanol–water partition coefficient (Wildman–Crippen LogP) is 2.77. The minimum atomic E-state index is -0.0614. The largest absolute Gasteiger partial charge is 0.339 e. The molecule has 0 aliphatic heterocycles. The minimum Gasteiger partial charge on any atom is -0.339 e. The van der Waals surface area contributed by atoms with E-state index in [1.807, 2.05) is 0 Å². The Morgan fingerprint density at radius 2 is 2.17 bits per heavy atom. The Kier molecular flexibility index (Phi) is 5.94. The number of aliphatic imine (C=N–C) groups is 1. The first kappa shape index (κ1) is 14.3. The Hall–Kier alpha value is -1.81. The van der Waals surface area contributed by atoms with Crippen LogP contribution in [0.5, 0.6) is 0 Å². The number of carbonyl (C=O) groups is 1. The maximum absolute atomic E-state index is 11.7. The molecule has 0 unspecified atom stereocenters. The maximum atomic E-state index is 11.7. The van der Waals surface area contributed by atoms with E-state index in [1.54, 1.807) is 48.8 Å². The minimum absolute atomic E-state index is 0.0614. The van der Waals surface area contributed by atoms with Gasteiger partial charge in [-0.05, 0) is 30.5 Å². The highest BCUT2D eigenvalue weighted by atomic mass is 35.5. The monoisotopic (exact) mass is 265 g/mol. The van der Waals surface area contributed by atoms with Crippen LogP contribution in [0.1, 0.15) is 6.42 Å². The number of carbonyl (C=O) groups excluding carboxylic acids is 1. The van der Waals surface area contributed by atoms with Crippen LogP contribution in [0.4, 0.5) is 5.69 Å². The number of anilines is 1. The van der Waals surface area contributed by atoms with Gasteiger partial charge in [-0.1, -0.05) is 18.2 Å². The third-order valence-electron chi connectivity index (χ3n) is 2.22. The van der Waals surface area contributed by atoms with Gasteiger partial charge in [-0.2, -0.15) is 0 Å². The van der Waals surface area contributed by atoms with Gasteiger partial charge in [-0.15, -0.1) is 0 Å². The van der Waals surface area contributed by atoms with Crippen molar-refractivity contribution in [1.29, 1.82) is 0 Å². The summed E-state index contributed by atoms with van der Waals surface area (Å²) >= 11 is 5.76. The van der Waals surface area contributed by atoms with Gasteiger partial charge in [0, 0.05) is 30.7 Å². The average Bonchev–Trinajstić information content (AvgIpc) is 2.37. The molecule has 0 bridgehead atoms.